The van der Waals surface area contributed by atoms with Crippen LogP contribution in [0, 0.1) is 0 Å². The van der Waals surface area contributed by atoms with E-state index in [-0.39, 0.29) is 12.8 Å². The highest BCUT2D eigenvalue weighted by atomic mass is 16.5. The maximum atomic E-state index is 11.8. The summed E-state index contributed by atoms with van der Waals surface area (Å²) in [5.41, 5.74) is 0. The van der Waals surface area contributed by atoms with E-state index in [0.29, 0.717) is 30.3 Å². The minimum Gasteiger partial charge on any atom is -0.550 e. The maximum absolute atomic E-state index is 11.8. The number of hydrogen-bond acceptors (Lipinski definition) is 5. The van der Waals surface area contributed by atoms with Gasteiger partial charge in [-0.25, -0.2) is 4.79 Å². The van der Waals surface area contributed by atoms with Crippen LogP contribution in [0.15, 0.2) is 36.5 Å². The second-order valence-corrected chi connectivity index (χ2v) is 6.88. The summed E-state index contributed by atoms with van der Waals surface area (Å²) in [5, 5.41) is 19.2. The van der Waals surface area contributed by atoms with E-state index in [0.717, 1.165) is 0 Å². The molecule has 7 heteroatoms. The van der Waals surface area contributed by atoms with Crippen LogP contribution in [0.4, 0.5) is 0 Å². The van der Waals surface area contributed by atoms with Gasteiger partial charge in [-0.15, -0.1) is 0 Å². The molecule has 26 heavy (non-hydrogen) atoms. The third-order valence-corrected chi connectivity index (χ3v) is 3.09. The van der Waals surface area contributed by atoms with Gasteiger partial charge in [0, 0.05) is 24.9 Å². The predicted molar refractivity (Wildman–Crippen MR) is 95.9 cm³/mol. The molecule has 0 saturated heterocycles. The smallest absolute Gasteiger partial charge is 0.330 e. The standard InChI is InChI=1S/C19H29NO6/c1-20(2,3)15-16(14-18(23)24)26-19(25)13-11-9-7-5-4-6-8-10-12-17(21)22/h4-6,8,11,13,16H,7,9-10,12,14-15H2,1-3H3,(H-,21,22,23,24)/b5-4+,8-6+,13-11+. The number of esters is 1. The van der Waals surface area contributed by atoms with Crippen molar-refractivity contribution >= 4 is 17.9 Å². The highest BCUT2D eigenvalue weighted by Gasteiger charge is 2.21. The van der Waals surface area contributed by atoms with Crippen molar-refractivity contribution < 1.29 is 33.8 Å². The molecule has 0 radical (unpaired) electrons. The molecule has 0 bridgehead atoms. The highest BCUT2D eigenvalue weighted by Crippen LogP contribution is 2.05. The number of quaternary nitrogens is 1. The van der Waals surface area contributed by atoms with Crippen molar-refractivity contribution in [2.24, 2.45) is 0 Å². The Balaban J connectivity index is 4.16. The van der Waals surface area contributed by atoms with Crippen LogP contribution in [-0.2, 0) is 19.1 Å². The zero-order valence-electron chi connectivity index (χ0n) is 15.7. The quantitative estimate of drug-likeness (QED) is 0.172. The normalized spacial score (nSPS) is 13.5. The van der Waals surface area contributed by atoms with Crippen LogP contribution in [-0.4, -0.2) is 61.3 Å². The molecule has 1 N–H and O–H groups in total. The number of hydrogen-bond donors (Lipinski definition) is 1. The SMILES string of the molecule is C[N+](C)(C)CC(CC(=O)[O-])OC(=O)/C=C/CC/C=C/C=C/CCC(=O)O. The Hall–Kier alpha value is -2.41. The molecule has 0 saturated carbocycles. The molecule has 0 amide bonds. The summed E-state index contributed by atoms with van der Waals surface area (Å²) in [6.45, 7) is 0.379. The summed E-state index contributed by atoms with van der Waals surface area (Å²) >= 11 is 0. The van der Waals surface area contributed by atoms with Gasteiger partial charge in [0.15, 0.2) is 6.10 Å². The number of allylic oxidation sites excluding steroid dienone is 5. The van der Waals surface area contributed by atoms with Crippen LogP contribution in [0.3, 0.4) is 0 Å². The van der Waals surface area contributed by atoms with Gasteiger partial charge in [0.05, 0.1) is 21.1 Å². The zero-order valence-corrected chi connectivity index (χ0v) is 15.7. The molecule has 0 aliphatic rings. The molecule has 0 spiro atoms. The number of nitrogens with zero attached hydrogens (tertiary/aromatic N) is 1. The van der Waals surface area contributed by atoms with Crippen molar-refractivity contribution in [3.63, 3.8) is 0 Å². The van der Waals surface area contributed by atoms with Crippen molar-refractivity contribution in [2.75, 3.05) is 27.7 Å². The number of ether oxygens (including phenoxy) is 1. The molecule has 0 heterocycles. The second-order valence-electron chi connectivity index (χ2n) is 6.88. The number of likely N-dealkylation sites (N-methyl/N-ethyl adjacent to an activating group) is 1. The van der Waals surface area contributed by atoms with Crippen molar-refractivity contribution in [1.29, 1.82) is 0 Å². The molecule has 0 fully saturated rings. The second kappa shape index (κ2) is 12.9. The molecular formula is C19H29NO6. The average Bonchev–Trinajstić information content (AvgIpc) is 2.46. The first-order valence-corrected chi connectivity index (χ1v) is 8.51. The van der Waals surface area contributed by atoms with E-state index in [9.17, 15) is 19.5 Å². The predicted octanol–water partition coefficient (Wildman–Crippen LogP) is 1.06. The number of carboxylic acid groups (broad SMARTS) is 2. The van der Waals surface area contributed by atoms with E-state index in [1.807, 2.05) is 33.3 Å². The van der Waals surface area contributed by atoms with Gasteiger partial charge >= 0.3 is 11.9 Å². The molecule has 146 valence electrons. The number of aliphatic carboxylic acids is 2. The molecule has 1 atom stereocenters. The molecule has 0 aromatic carbocycles. The van der Waals surface area contributed by atoms with E-state index < -0.39 is 24.0 Å². The van der Waals surface area contributed by atoms with Gasteiger partial charge < -0.3 is 24.2 Å². The summed E-state index contributed by atoms with van der Waals surface area (Å²) in [5.74, 6) is -2.64. The lowest BCUT2D eigenvalue weighted by Crippen LogP contribution is -2.45. The van der Waals surface area contributed by atoms with Gasteiger partial charge in [-0.2, -0.15) is 0 Å². The van der Waals surface area contributed by atoms with E-state index in [2.05, 4.69) is 0 Å². The molecule has 0 aromatic rings. The monoisotopic (exact) mass is 367 g/mol. The van der Waals surface area contributed by atoms with E-state index >= 15 is 0 Å². The summed E-state index contributed by atoms with van der Waals surface area (Å²) < 4.78 is 5.66. The number of rotatable bonds is 13. The van der Waals surface area contributed by atoms with E-state index in [1.165, 1.54) is 6.08 Å². The first kappa shape index (κ1) is 23.6. The first-order valence-electron chi connectivity index (χ1n) is 8.51. The largest absolute Gasteiger partial charge is 0.550 e. The Bertz CT molecular complexity index is 543. The fraction of sp³-hybridized carbons (Fsp3) is 0.526. The maximum Gasteiger partial charge on any atom is 0.330 e. The Labute approximate surface area is 154 Å². The Morgan fingerprint density at radius 2 is 1.62 bits per heavy atom. The Morgan fingerprint density at radius 1 is 1.04 bits per heavy atom. The topological polar surface area (TPSA) is 104 Å². The molecule has 0 aliphatic carbocycles. The minimum absolute atomic E-state index is 0.113. The summed E-state index contributed by atoms with van der Waals surface area (Å²) in [6, 6.07) is 0. The van der Waals surface area contributed by atoms with Crippen molar-refractivity contribution in [3.8, 4) is 0 Å². The number of carbonyl (C=O) groups excluding carboxylic acids is 2. The van der Waals surface area contributed by atoms with Gasteiger partial charge in [0.25, 0.3) is 0 Å². The van der Waals surface area contributed by atoms with Gasteiger partial charge in [-0.05, 0) is 19.3 Å². The zero-order chi connectivity index (χ0) is 20.0. The number of carbonyl (C=O) groups is 3. The molecule has 0 rings (SSSR count). The van der Waals surface area contributed by atoms with Gasteiger partial charge in [0.2, 0.25) is 0 Å². The number of unbranched alkanes of at least 4 members (excludes halogenated alkanes) is 1. The summed E-state index contributed by atoms with van der Waals surface area (Å²) in [6.07, 6.45) is 11.2. The van der Waals surface area contributed by atoms with Crippen LogP contribution >= 0.6 is 0 Å². The Kier molecular flexibility index (Phi) is 11.7. The van der Waals surface area contributed by atoms with Crippen LogP contribution in [0.25, 0.3) is 0 Å². The third kappa shape index (κ3) is 16.4. The van der Waals surface area contributed by atoms with Crippen LogP contribution in [0.5, 0.6) is 0 Å². The van der Waals surface area contributed by atoms with Crippen LogP contribution in [0.1, 0.15) is 32.1 Å². The van der Waals surface area contributed by atoms with E-state index in [4.69, 9.17) is 9.84 Å². The fourth-order valence-corrected chi connectivity index (χ4v) is 2.07. The molecular weight excluding hydrogens is 338 g/mol. The van der Waals surface area contributed by atoms with Gasteiger partial charge in [-0.1, -0.05) is 30.4 Å². The van der Waals surface area contributed by atoms with Crippen LogP contribution < -0.4 is 5.11 Å². The highest BCUT2D eigenvalue weighted by molar-refractivity contribution is 5.82. The average molecular weight is 367 g/mol. The molecule has 0 aliphatic heterocycles. The lowest BCUT2D eigenvalue weighted by atomic mass is 10.2. The molecule has 7 nitrogen and oxygen atoms in total. The van der Waals surface area contributed by atoms with Gasteiger partial charge in [-0.3, -0.25) is 4.79 Å². The van der Waals surface area contributed by atoms with Crippen molar-refractivity contribution in [2.45, 2.75) is 38.2 Å². The van der Waals surface area contributed by atoms with Crippen LogP contribution in [0.2, 0.25) is 0 Å². The Morgan fingerprint density at radius 3 is 2.15 bits per heavy atom. The minimum atomic E-state index is -1.25. The van der Waals surface area contributed by atoms with Crippen molar-refractivity contribution in [1.82, 2.24) is 0 Å². The molecule has 0 aromatic heterocycles. The summed E-state index contributed by atoms with van der Waals surface area (Å²) in [4.78, 5) is 32.9. The fourth-order valence-electron chi connectivity index (χ4n) is 2.07. The lowest BCUT2D eigenvalue weighted by Gasteiger charge is -2.29. The summed E-state index contributed by atoms with van der Waals surface area (Å²) in [7, 11) is 5.65. The first-order chi connectivity index (χ1) is 12.1. The van der Waals surface area contributed by atoms with Crippen molar-refractivity contribution in [3.05, 3.63) is 36.5 Å². The van der Waals surface area contributed by atoms with Gasteiger partial charge in [0.1, 0.15) is 6.54 Å². The molecule has 1 unspecified atom stereocenters. The number of carboxylic acids is 2. The lowest BCUT2D eigenvalue weighted by molar-refractivity contribution is -0.873. The van der Waals surface area contributed by atoms with E-state index in [1.54, 1.807) is 18.2 Å². The third-order valence-electron chi connectivity index (χ3n) is 3.09.